The molecule has 0 amide bonds. The molecule has 2 rings (SSSR count). The number of nitrogens with zero attached hydrogens (tertiary/aromatic N) is 1. The first-order valence-electron chi connectivity index (χ1n) is 6.88. The first-order chi connectivity index (χ1) is 8.91. The smallest absolute Gasteiger partial charge is 0.0521 e. The summed E-state index contributed by atoms with van der Waals surface area (Å²) in [5, 5.41) is 0. The van der Waals surface area contributed by atoms with Crippen molar-refractivity contribution in [1.82, 2.24) is 4.90 Å². The van der Waals surface area contributed by atoms with Crippen molar-refractivity contribution in [3.8, 4) is 0 Å². The number of hydrogen-bond donors (Lipinski definition) is 0. The Labute approximate surface area is 120 Å². The topological polar surface area (TPSA) is 3.24 Å². The highest BCUT2D eigenvalue weighted by atomic mass is 28.3. The molecule has 101 valence electrons. The molecule has 0 heterocycles. The van der Waals surface area contributed by atoms with Crippen LogP contribution in [0.1, 0.15) is 11.6 Å². The molecule has 0 spiro atoms. The van der Waals surface area contributed by atoms with Gasteiger partial charge in [-0.15, -0.1) is 0 Å². The molecule has 1 nitrogen and oxygen atoms in total. The number of hydrogen-bond acceptors (Lipinski definition) is 1. The Morgan fingerprint density at radius 2 is 1.58 bits per heavy atom. The fourth-order valence-corrected chi connectivity index (χ4v) is 4.43. The molecule has 2 heteroatoms. The van der Waals surface area contributed by atoms with Crippen molar-refractivity contribution < 1.29 is 0 Å². The van der Waals surface area contributed by atoms with Crippen molar-refractivity contribution in [2.45, 2.75) is 25.7 Å². The van der Waals surface area contributed by atoms with Gasteiger partial charge in [-0.2, -0.15) is 0 Å². The molecule has 1 saturated carbocycles. The molecule has 5 radical (unpaired) electrons. The Hall–Kier alpha value is -0.603. The van der Waals surface area contributed by atoms with E-state index in [-0.39, 0.29) is 0 Å². The Morgan fingerprint density at radius 3 is 2.11 bits per heavy atom. The molecule has 0 saturated heterocycles. The Morgan fingerprint density at radius 1 is 0.947 bits per heavy atom. The first kappa shape index (κ1) is 14.8. The predicted octanol–water partition coefficient (Wildman–Crippen LogP) is 3.94. The summed E-state index contributed by atoms with van der Waals surface area (Å²) in [6.07, 6.45) is 6.83. The average molecular weight is 270 g/mol. The van der Waals surface area contributed by atoms with E-state index in [2.05, 4.69) is 88.2 Å². The first-order valence-corrected chi connectivity index (χ1v) is 10.4. The van der Waals surface area contributed by atoms with Gasteiger partial charge in [-0.1, -0.05) is 50.0 Å². The van der Waals surface area contributed by atoms with Gasteiger partial charge in [0.15, 0.2) is 0 Å². The van der Waals surface area contributed by atoms with Gasteiger partial charge in [-0.25, -0.2) is 0 Å². The fraction of sp³-hybridized carbons (Fsp3) is 0.353. The molecule has 1 fully saturated rings. The van der Waals surface area contributed by atoms with Crippen molar-refractivity contribution in [3.63, 3.8) is 0 Å². The van der Waals surface area contributed by atoms with Gasteiger partial charge in [0.25, 0.3) is 0 Å². The molecule has 0 aromatic heterocycles. The highest BCUT2D eigenvalue weighted by Crippen LogP contribution is 2.47. The minimum Gasteiger partial charge on any atom is -0.302 e. The molecule has 0 N–H and O–H groups in total. The van der Waals surface area contributed by atoms with Crippen molar-refractivity contribution in [1.29, 1.82) is 0 Å². The van der Waals surface area contributed by atoms with Crippen molar-refractivity contribution >= 4 is 8.07 Å². The van der Waals surface area contributed by atoms with Crippen LogP contribution in [0.2, 0.25) is 19.6 Å². The van der Waals surface area contributed by atoms with Gasteiger partial charge in [-0.3, -0.25) is 0 Å². The Balaban J connectivity index is 2.30. The molecule has 0 unspecified atom stereocenters. The van der Waals surface area contributed by atoms with Gasteiger partial charge in [0.1, 0.15) is 0 Å². The zero-order valence-corrected chi connectivity index (χ0v) is 13.6. The van der Waals surface area contributed by atoms with E-state index in [1.54, 1.807) is 5.54 Å². The number of rotatable bonds is 4. The van der Waals surface area contributed by atoms with Gasteiger partial charge in [0, 0.05) is 12.0 Å². The maximum Gasteiger partial charge on any atom is 0.0521 e. The molecule has 1 aromatic rings. The Bertz CT molecular complexity index is 393. The normalized spacial score (nSPS) is 20.1. The minimum atomic E-state index is -1.29. The highest BCUT2D eigenvalue weighted by molar-refractivity contribution is 6.82. The van der Waals surface area contributed by atoms with E-state index in [1.165, 1.54) is 11.5 Å². The van der Waals surface area contributed by atoms with E-state index in [0.29, 0.717) is 6.04 Å². The highest BCUT2D eigenvalue weighted by Gasteiger charge is 2.43. The summed E-state index contributed by atoms with van der Waals surface area (Å²) in [7, 11) is 3.04. The lowest BCUT2D eigenvalue weighted by molar-refractivity contribution is 0.319. The average Bonchev–Trinajstić information content (AvgIpc) is 2.79. The third-order valence-corrected chi connectivity index (χ3v) is 5.66. The van der Waals surface area contributed by atoms with E-state index >= 15 is 0 Å². The number of benzene rings is 1. The fourth-order valence-electron chi connectivity index (χ4n) is 2.75. The van der Waals surface area contributed by atoms with Crippen molar-refractivity contribution in [2.75, 3.05) is 14.1 Å². The lowest BCUT2D eigenvalue weighted by atomic mass is 9.90. The summed E-state index contributed by atoms with van der Waals surface area (Å²) in [4.78, 5) is 2.31. The van der Waals surface area contributed by atoms with Crippen LogP contribution in [0.5, 0.6) is 0 Å². The van der Waals surface area contributed by atoms with Gasteiger partial charge in [0.2, 0.25) is 0 Å². The van der Waals surface area contributed by atoms with Gasteiger partial charge in [-0.05, 0) is 44.5 Å². The molecule has 0 bridgehead atoms. The summed E-state index contributed by atoms with van der Waals surface area (Å²) in [5.74, 6) is 1.48. The van der Waals surface area contributed by atoms with Crippen molar-refractivity contribution in [2.24, 2.45) is 0 Å². The van der Waals surface area contributed by atoms with Crippen LogP contribution < -0.4 is 0 Å². The maximum atomic E-state index is 2.42. The summed E-state index contributed by atoms with van der Waals surface area (Å²) in [6, 6.07) is 11.2. The van der Waals surface area contributed by atoms with Crippen LogP contribution in [-0.4, -0.2) is 27.1 Å². The van der Waals surface area contributed by atoms with Crippen LogP contribution in [0, 0.1) is 30.7 Å². The standard InChI is InChI=1S/C17H24NSi/c1-18(2)17(14-10-7-6-8-11-14)15-12-9-13-16(15)19(3,4)5/h6-13,17H,1-5H3/t17-/m1/s1. The summed E-state index contributed by atoms with van der Waals surface area (Å²) in [5.41, 5.74) is 2.95. The zero-order valence-electron chi connectivity index (χ0n) is 12.6. The molecule has 1 aliphatic rings. The molecule has 0 aliphatic heterocycles. The van der Waals surface area contributed by atoms with E-state index < -0.39 is 8.07 Å². The predicted molar refractivity (Wildman–Crippen MR) is 85.6 cm³/mol. The van der Waals surface area contributed by atoms with E-state index in [4.69, 9.17) is 0 Å². The third kappa shape index (κ3) is 3.29. The maximum absolute atomic E-state index is 2.42. The van der Waals surface area contributed by atoms with E-state index in [1.807, 2.05) is 0 Å². The monoisotopic (exact) mass is 270 g/mol. The van der Waals surface area contributed by atoms with Crippen LogP contribution in [-0.2, 0) is 0 Å². The van der Waals surface area contributed by atoms with Gasteiger partial charge in [0.05, 0.1) is 8.07 Å². The molecule has 19 heavy (non-hydrogen) atoms. The SMILES string of the molecule is CN(C)[C@@H]([C]1[CH][CH][CH][C]1[Si](C)(C)C)c1ccccc1. The summed E-state index contributed by atoms with van der Waals surface area (Å²) >= 11 is 0. The largest absolute Gasteiger partial charge is 0.302 e. The molecule has 1 aliphatic carbocycles. The zero-order chi connectivity index (χ0) is 14.0. The van der Waals surface area contributed by atoms with Crippen molar-refractivity contribution in [3.05, 3.63) is 66.6 Å². The lowest BCUT2D eigenvalue weighted by Crippen LogP contribution is -2.38. The molecular weight excluding hydrogens is 246 g/mol. The minimum absolute atomic E-state index is 0.359. The Kier molecular flexibility index (Phi) is 4.52. The van der Waals surface area contributed by atoms with Gasteiger partial charge >= 0.3 is 0 Å². The van der Waals surface area contributed by atoms with Gasteiger partial charge < -0.3 is 4.90 Å². The second kappa shape index (κ2) is 5.80. The van der Waals surface area contributed by atoms with Crippen LogP contribution in [0.15, 0.2) is 30.3 Å². The van der Waals surface area contributed by atoms with E-state index in [9.17, 15) is 0 Å². The molecule has 1 aromatic carbocycles. The third-order valence-electron chi connectivity index (χ3n) is 3.58. The molecule has 1 atom stereocenters. The van der Waals surface area contributed by atoms with Crippen LogP contribution in [0.25, 0.3) is 0 Å². The molecular formula is C17H24NSi. The summed E-state index contributed by atoms with van der Waals surface area (Å²) in [6.45, 7) is 7.26. The quantitative estimate of drug-likeness (QED) is 0.749. The second-order valence-electron chi connectivity index (χ2n) is 6.42. The van der Waals surface area contributed by atoms with E-state index in [0.717, 1.165) is 0 Å². The van der Waals surface area contributed by atoms with Crippen LogP contribution in [0.4, 0.5) is 0 Å². The second-order valence-corrected chi connectivity index (χ2v) is 11.5. The summed E-state index contributed by atoms with van der Waals surface area (Å²) < 4.78 is 0. The van der Waals surface area contributed by atoms with Crippen LogP contribution in [0.3, 0.4) is 0 Å². The lowest BCUT2D eigenvalue weighted by Gasteiger charge is -2.38. The van der Waals surface area contributed by atoms with Crippen LogP contribution >= 0.6 is 0 Å².